The van der Waals surface area contributed by atoms with E-state index in [9.17, 15) is 14.4 Å². The number of aromatic nitrogens is 2. The molecule has 1 aromatic rings. The summed E-state index contributed by atoms with van der Waals surface area (Å²) >= 11 is 5.02. The number of carbonyl (C=O) groups is 3. The van der Waals surface area contributed by atoms with Crippen LogP contribution < -0.4 is 16.8 Å². The minimum absolute atomic E-state index is 0.130. The Kier molecular flexibility index (Phi) is 5.33. The van der Waals surface area contributed by atoms with Gasteiger partial charge in [0.2, 0.25) is 11.8 Å². The lowest BCUT2D eigenvalue weighted by Crippen LogP contribution is -2.50. The van der Waals surface area contributed by atoms with Crippen molar-refractivity contribution >= 4 is 34.9 Å². The number of rotatable bonds is 5. The van der Waals surface area contributed by atoms with Crippen molar-refractivity contribution in [3.63, 3.8) is 0 Å². The first kappa shape index (κ1) is 18.5. The molecule has 26 heavy (non-hydrogen) atoms. The normalized spacial score (nSPS) is 23.7. The standard InChI is InChI=1S/C16H22N6O3S/c17-10(15(24)22-5-1-2-12(22)14(18)26)6-9-7-21(8-19-9)16(25)11-3-4-13(23)20-11/h7-8,10-12H,1-6,17H2,(H2,18,26)(H,20,23)/t10-,11-,12-/m0/s1. The number of nitrogens with two attached hydrogens (primary N) is 2. The highest BCUT2D eigenvalue weighted by atomic mass is 32.1. The number of likely N-dealkylation sites (tertiary alicyclic amines) is 1. The number of amides is 2. The zero-order valence-corrected chi connectivity index (χ0v) is 15.1. The molecule has 5 N–H and O–H groups in total. The average Bonchev–Trinajstić information content (AvgIpc) is 3.33. The zero-order valence-electron chi connectivity index (χ0n) is 14.3. The second-order valence-electron chi connectivity index (χ2n) is 6.67. The molecule has 0 aromatic carbocycles. The van der Waals surface area contributed by atoms with Gasteiger partial charge in [-0.1, -0.05) is 12.2 Å². The highest BCUT2D eigenvalue weighted by Gasteiger charge is 2.34. The molecule has 1 aromatic heterocycles. The fraction of sp³-hybridized carbons (Fsp3) is 0.562. The molecule has 2 aliphatic rings. The molecule has 0 spiro atoms. The number of hydrogen-bond acceptors (Lipinski definition) is 6. The first-order valence-electron chi connectivity index (χ1n) is 8.58. The third kappa shape index (κ3) is 3.75. The highest BCUT2D eigenvalue weighted by molar-refractivity contribution is 7.80. The summed E-state index contributed by atoms with van der Waals surface area (Å²) in [6.45, 7) is 0.586. The van der Waals surface area contributed by atoms with E-state index in [2.05, 4.69) is 10.3 Å². The third-order valence-corrected chi connectivity index (χ3v) is 5.07. The first-order chi connectivity index (χ1) is 12.4. The number of hydrogen-bond donors (Lipinski definition) is 3. The van der Waals surface area contributed by atoms with Gasteiger partial charge in [-0.3, -0.25) is 19.0 Å². The molecule has 2 amide bonds. The van der Waals surface area contributed by atoms with Crippen molar-refractivity contribution in [1.29, 1.82) is 0 Å². The van der Waals surface area contributed by atoms with Crippen LogP contribution in [0.2, 0.25) is 0 Å². The minimum Gasteiger partial charge on any atom is -0.392 e. The van der Waals surface area contributed by atoms with Crippen LogP contribution in [0.1, 0.15) is 36.2 Å². The van der Waals surface area contributed by atoms with E-state index >= 15 is 0 Å². The van der Waals surface area contributed by atoms with E-state index in [0.29, 0.717) is 30.1 Å². The molecule has 0 radical (unpaired) electrons. The summed E-state index contributed by atoms with van der Waals surface area (Å²) in [7, 11) is 0. The van der Waals surface area contributed by atoms with E-state index in [-0.39, 0.29) is 30.2 Å². The SMILES string of the molecule is NC(=S)[C@@H]1CCCN1C(=O)[C@@H](N)Cc1cn(C(=O)[C@@H]2CCC(=O)N2)cn1. The first-order valence-corrected chi connectivity index (χ1v) is 8.99. The van der Waals surface area contributed by atoms with Gasteiger partial charge in [0.05, 0.1) is 22.8 Å². The summed E-state index contributed by atoms with van der Waals surface area (Å²) in [5, 5.41) is 2.63. The molecule has 140 valence electrons. The summed E-state index contributed by atoms with van der Waals surface area (Å²) in [5.74, 6) is -0.596. The van der Waals surface area contributed by atoms with Crippen molar-refractivity contribution < 1.29 is 14.4 Å². The van der Waals surface area contributed by atoms with Crippen molar-refractivity contribution in [3.05, 3.63) is 18.2 Å². The Labute approximate surface area is 156 Å². The topological polar surface area (TPSA) is 136 Å². The Morgan fingerprint density at radius 1 is 1.42 bits per heavy atom. The molecule has 2 saturated heterocycles. The van der Waals surface area contributed by atoms with Crippen LogP contribution in [0.15, 0.2) is 12.5 Å². The van der Waals surface area contributed by atoms with Crippen LogP contribution in [-0.2, 0) is 16.0 Å². The summed E-state index contributed by atoms with van der Waals surface area (Å²) in [6.07, 6.45) is 5.55. The molecule has 2 fully saturated rings. The van der Waals surface area contributed by atoms with Gasteiger partial charge in [-0.05, 0) is 19.3 Å². The van der Waals surface area contributed by atoms with E-state index < -0.39 is 12.1 Å². The maximum absolute atomic E-state index is 12.6. The van der Waals surface area contributed by atoms with Crippen molar-refractivity contribution in [3.8, 4) is 0 Å². The van der Waals surface area contributed by atoms with Gasteiger partial charge in [0.15, 0.2) is 0 Å². The molecule has 2 aliphatic heterocycles. The molecule has 0 bridgehead atoms. The van der Waals surface area contributed by atoms with Gasteiger partial charge in [-0.25, -0.2) is 4.98 Å². The van der Waals surface area contributed by atoms with Crippen LogP contribution >= 0.6 is 12.2 Å². The second kappa shape index (κ2) is 7.50. The molecule has 0 saturated carbocycles. The van der Waals surface area contributed by atoms with Gasteiger partial charge in [0, 0.05) is 25.6 Å². The fourth-order valence-electron chi connectivity index (χ4n) is 3.42. The molecule has 9 nitrogen and oxygen atoms in total. The molecule has 10 heteroatoms. The van der Waals surface area contributed by atoms with E-state index in [0.717, 1.165) is 12.8 Å². The molecular weight excluding hydrogens is 356 g/mol. The van der Waals surface area contributed by atoms with E-state index in [1.165, 1.54) is 10.9 Å². The predicted octanol–water partition coefficient (Wildman–Crippen LogP) is -1.05. The third-order valence-electron chi connectivity index (χ3n) is 4.79. The number of nitrogens with one attached hydrogen (secondary N) is 1. The van der Waals surface area contributed by atoms with Crippen molar-refractivity contribution in [2.45, 2.75) is 50.2 Å². The van der Waals surface area contributed by atoms with Crippen molar-refractivity contribution in [2.75, 3.05) is 6.54 Å². The summed E-state index contributed by atoms with van der Waals surface area (Å²) < 4.78 is 1.33. The molecule has 3 rings (SSSR count). The number of imidazole rings is 1. The Morgan fingerprint density at radius 2 is 2.19 bits per heavy atom. The molecule has 3 heterocycles. The van der Waals surface area contributed by atoms with Crippen LogP contribution in [0, 0.1) is 0 Å². The minimum atomic E-state index is -0.783. The Bertz CT molecular complexity index is 748. The maximum atomic E-state index is 12.6. The van der Waals surface area contributed by atoms with Gasteiger partial charge in [0.25, 0.3) is 5.91 Å². The summed E-state index contributed by atoms with van der Waals surface area (Å²) in [4.78, 5) is 42.3. The number of thiocarbonyl (C=S) groups is 1. The highest BCUT2D eigenvalue weighted by Crippen LogP contribution is 2.19. The van der Waals surface area contributed by atoms with Gasteiger partial charge < -0.3 is 21.7 Å². The second-order valence-corrected chi connectivity index (χ2v) is 7.14. The lowest BCUT2D eigenvalue weighted by atomic mass is 10.1. The molecule has 3 atom stereocenters. The van der Waals surface area contributed by atoms with E-state index in [1.807, 2.05) is 0 Å². The summed E-state index contributed by atoms with van der Waals surface area (Å²) in [6, 6.07) is -1.56. The van der Waals surface area contributed by atoms with Gasteiger partial charge in [-0.15, -0.1) is 0 Å². The predicted molar refractivity (Wildman–Crippen MR) is 97.2 cm³/mol. The molecular formula is C16H22N6O3S. The quantitative estimate of drug-likeness (QED) is 0.556. The van der Waals surface area contributed by atoms with Gasteiger partial charge >= 0.3 is 0 Å². The lowest BCUT2D eigenvalue weighted by molar-refractivity contribution is -0.132. The Morgan fingerprint density at radius 3 is 2.85 bits per heavy atom. The monoisotopic (exact) mass is 378 g/mol. The molecule has 0 aliphatic carbocycles. The van der Waals surface area contributed by atoms with Crippen LogP contribution in [-0.4, -0.2) is 61.8 Å². The fourth-order valence-corrected chi connectivity index (χ4v) is 3.67. The van der Waals surface area contributed by atoms with Crippen LogP contribution in [0.25, 0.3) is 0 Å². The lowest BCUT2D eigenvalue weighted by Gasteiger charge is -2.26. The zero-order chi connectivity index (χ0) is 18.8. The van der Waals surface area contributed by atoms with Crippen molar-refractivity contribution in [1.82, 2.24) is 19.8 Å². The summed E-state index contributed by atoms with van der Waals surface area (Å²) in [5.41, 5.74) is 12.3. The molecule has 0 unspecified atom stereocenters. The number of nitrogens with zero attached hydrogens (tertiary/aromatic N) is 3. The van der Waals surface area contributed by atoms with Crippen molar-refractivity contribution in [2.24, 2.45) is 11.5 Å². The van der Waals surface area contributed by atoms with Crippen LogP contribution in [0.3, 0.4) is 0 Å². The number of carbonyl (C=O) groups excluding carboxylic acids is 3. The van der Waals surface area contributed by atoms with Crippen LogP contribution in [0.4, 0.5) is 0 Å². The van der Waals surface area contributed by atoms with Gasteiger partial charge in [0.1, 0.15) is 12.4 Å². The van der Waals surface area contributed by atoms with E-state index in [4.69, 9.17) is 23.7 Å². The average molecular weight is 378 g/mol. The van der Waals surface area contributed by atoms with E-state index in [1.54, 1.807) is 11.1 Å². The van der Waals surface area contributed by atoms with Gasteiger partial charge in [-0.2, -0.15) is 0 Å². The van der Waals surface area contributed by atoms with Crippen LogP contribution in [0.5, 0.6) is 0 Å². The smallest absolute Gasteiger partial charge is 0.254 e. The Hall–Kier alpha value is -2.33. The maximum Gasteiger partial charge on any atom is 0.254 e. The largest absolute Gasteiger partial charge is 0.392 e. The Balaban J connectivity index is 1.61.